The highest BCUT2D eigenvalue weighted by atomic mass is 79.9. The zero-order valence-electron chi connectivity index (χ0n) is 4.41. The first-order valence-electron chi connectivity index (χ1n) is 2.26. The lowest BCUT2D eigenvalue weighted by Gasteiger charge is -2.02. The summed E-state index contributed by atoms with van der Waals surface area (Å²) in [5.41, 5.74) is 5.10. The van der Waals surface area contributed by atoms with Gasteiger partial charge in [-0.3, -0.25) is 4.79 Å². The van der Waals surface area contributed by atoms with E-state index >= 15 is 0 Å². The fraction of sp³-hybridized carbons (Fsp3) is 0.250. The van der Waals surface area contributed by atoms with Crippen molar-refractivity contribution in [1.82, 2.24) is 0 Å². The van der Waals surface area contributed by atoms with Gasteiger partial charge in [0.1, 0.15) is 4.83 Å². The van der Waals surface area contributed by atoms with Crippen molar-refractivity contribution in [2.75, 3.05) is 0 Å². The standard InChI is InChI=1S/C4H4BrN3O/c5-2-1-7-4(6)8-3(2)9/h1-2H,(H2,6,8,9). The summed E-state index contributed by atoms with van der Waals surface area (Å²) in [6.07, 6.45) is 1.41. The quantitative estimate of drug-likeness (QED) is 0.531. The largest absolute Gasteiger partial charge is 0.368 e. The van der Waals surface area contributed by atoms with Crippen LogP contribution in [0.1, 0.15) is 0 Å². The normalized spacial score (nSPS) is 26.1. The van der Waals surface area contributed by atoms with Gasteiger partial charge in [-0.25, -0.2) is 4.99 Å². The highest BCUT2D eigenvalue weighted by Crippen LogP contribution is 2.02. The molecule has 1 unspecified atom stereocenters. The monoisotopic (exact) mass is 189 g/mol. The second-order valence-electron chi connectivity index (χ2n) is 1.49. The van der Waals surface area contributed by atoms with Crippen molar-refractivity contribution in [3.63, 3.8) is 0 Å². The number of hydrogen-bond donors (Lipinski definition) is 1. The molecule has 5 heteroatoms. The molecule has 0 aromatic heterocycles. The summed E-state index contributed by atoms with van der Waals surface area (Å²) >= 11 is 3.02. The van der Waals surface area contributed by atoms with Crippen LogP contribution >= 0.6 is 15.9 Å². The first kappa shape index (κ1) is 6.41. The summed E-state index contributed by atoms with van der Waals surface area (Å²) in [6, 6.07) is 0. The van der Waals surface area contributed by atoms with Gasteiger partial charge in [-0.15, -0.1) is 0 Å². The molecule has 1 atom stereocenters. The summed E-state index contributed by atoms with van der Waals surface area (Å²) in [5.74, 6) is -0.279. The maximum absolute atomic E-state index is 10.6. The molecule has 48 valence electrons. The van der Waals surface area contributed by atoms with Crippen molar-refractivity contribution in [3.8, 4) is 0 Å². The van der Waals surface area contributed by atoms with Gasteiger partial charge in [-0.05, 0) is 0 Å². The zero-order chi connectivity index (χ0) is 6.85. The lowest BCUT2D eigenvalue weighted by molar-refractivity contribution is -0.116. The van der Waals surface area contributed by atoms with E-state index in [4.69, 9.17) is 5.73 Å². The number of guanidine groups is 1. The summed E-state index contributed by atoms with van der Waals surface area (Å²) in [6.45, 7) is 0. The molecule has 1 heterocycles. The minimum atomic E-state index is -0.398. The van der Waals surface area contributed by atoms with E-state index in [0.29, 0.717) is 0 Å². The van der Waals surface area contributed by atoms with Crippen LogP contribution in [-0.4, -0.2) is 22.9 Å². The Morgan fingerprint density at radius 3 is 2.89 bits per heavy atom. The summed E-state index contributed by atoms with van der Waals surface area (Å²) in [7, 11) is 0. The third-order valence-electron chi connectivity index (χ3n) is 0.798. The Morgan fingerprint density at radius 2 is 2.44 bits per heavy atom. The molecule has 0 aromatic carbocycles. The number of carbonyl (C=O) groups is 1. The molecule has 9 heavy (non-hydrogen) atoms. The van der Waals surface area contributed by atoms with Gasteiger partial charge in [0.25, 0.3) is 5.91 Å². The van der Waals surface area contributed by atoms with Crippen LogP contribution in [-0.2, 0) is 4.79 Å². The number of nitrogens with zero attached hydrogens (tertiary/aromatic N) is 2. The van der Waals surface area contributed by atoms with Gasteiger partial charge < -0.3 is 5.73 Å². The summed E-state index contributed by atoms with van der Waals surface area (Å²) in [4.78, 5) is 17.2. The van der Waals surface area contributed by atoms with Crippen LogP contribution in [0.2, 0.25) is 0 Å². The molecule has 1 aliphatic heterocycles. The average Bonchev–Trinajstić information content (AvgIpc) is 1.80. The predicted molar refractivity (Wildman–Crippen MR) is 37.8 cm³/mol. The first-order valence-corrected chi connectivity index (χ1v) is 3.18. The van der Waals surface area contributed by atoms with E-state index in [0.717, 1.165) is 0 Å². The number of hydrogen-bond acceptors (Lipinski definition) is 3. The second-order valence-corrected chi connectivity index (χ2v) is 2.47. The predicted octanol–water partition coefficient (Wildman–Crippen LogP) is -0.324. The SMILES string of the molecule is NC1=NC(=O)C(Br)C=N1. The zero-order valence-corrected chi connectivity index (χ0v) is 6.00. The van der Waals surface area contributed by atoms with Crippen molar-refractivity contribution in [2.24, 2.45) is 15.7 Å². The maximum atomic E-state index is 10.6. The molecule has 0 spiro atoms. The molecule has 2 N–H and O–H groups in total. The Bertz CT molecular complexity index is 198. The molecular formula is C4H4BrN3O. The highest BCUT2D eigenvalue weighted by Gasteiger charge is 2.14. The lowest BCUT2D eigenvalue weighted by atomic mass is 10.4. The molecule has 1 rings (SSSR count). The Hall–Kier alpha value is -0.710. The van der Waals surface area contributed by atoms with E-state index in [-0.39, 0.29) is 11.9 Å². The molecule has 0 radical (unpaired) electrons. The van der Waals surface area contributed by atoms with Crippen LogP contribution in [0.4, 0.5) is 0 Å². The third kappa shape index (κ3) is 1.35. The number of nitrogens with two attached hydrogens (primary N) is 1. The number of halogens is 1. The van der Waals surface area contributed by atoms with E-state index in [1.165, 1.54) is 6.21 Å². The van der Waals surface area contributed by atoms with Crippen molar-refractivity contribution in [3.05, 3.63) is 0 Å². The number of aliphatic imine (C=N–C) groups is 2. The van der Waals surface area contributed by atoms with Gasteiger partial charge >= 0.3 is 0 Å². The van der Waals surface area contributed by atoms with Crippen LogP contribution in [0.3, 0.4) is 0 Å². The molecule has 4 nitrogen and oxygen atoms in total. The molecule has 0 saturated heterocycles. The molecule has 0 aromatic rings. The van der Waals surface area contributed by atoms with Crippen LogP contribution in [0.25, 0.3) is 0 Å². The van der Waals surface area contributed by atoms with Crippen molar-refractivity contribution in [2.45, 2.75) is 4.83 Å². The van der Waals surface area contributed by atoms with Gasteiger partial charge in [-0.2, -0.15) is 4.99 Å². The fourth-order valence-corrected chi connectivity index (χ4v) is 0.630. The van der Waals surface area contributed by atoms with E-state index in [1.807, 2.05) is 0 Å². The van der Waals surface area contributed by atoms with Gasteiger partial charge in [0.05, 0.1) is 0 Å². The molecule has 0 bridgehead atoms. The van der Waals surface area contributed by atoms with Crippen molar-refractivity contribution < 1.29 is 4.79 Å². The maximum Gasteiger partial charge on any atom is 0.268 e. The molecular weight excluding hydrogens is 186 g/mol. The number of alkyl halides is 1. The van der Waals surface area contributed by atoms with E-state index < -0.39 is 4.83 Å². The molecule has 1 amide bonds. The third-order valence-corrected chi connectivity index (χ3v) is 1.43. The number of rotatable bonds is 0. The highest BCUT2D eigenvalue weighted by molar-refractivity contribution is 9.10. The van der Waals surface area contributed by atoms with E-state index in [1.54, 1.807) is 0 Å². The average molecular weight is 190 g/mol. The summed E-state index contributed by atoms with van der Waals surface area (Å²) in [5, 5.41) is 0. The van der Waals surface area contributed by atoms with Crippen molar-refractivity contribution >= 4 is 34.0 Å². The minimum absolute atomic E-state index is 0.0238. The Kier molecular flexibility index (Phi) is 1.61. The fourth-order valence-electron chi connectivity index (χ4n) is 0.409. The second kappa shape index (κ2) is 2.26. The Labute approximate surface area is 60.0 Å². The Morgan fingerprint density at radius 1 is 1.78 bits per heavy atom. The molecule has 0 saturated carbocycles. The summed E-state index contributed by atoms with van der Waals surface area (Å²) < 4.78 is 0. The van der Waals surface area contributed by atoms with Gasteiger partial charge in [0, 0.05) is 6.21 Å². The minimum Gasteiger partial charge on any atom is -0.368 e. The number of carbonyl (C=O) groups excluding carboxylic acids is 1. The molecule has 0 fully saturated rings. The topological polar surface area (TPSA) is 67.8 Å². The van der Waals surface area contributed by atoms with Crippen LogP contribution in [0.15, 0.2) is 9.98 Å². The smallest absolute Gasteiger partial charge is 0.268 e. The van der Waals surface area contributed by atoms with Crippen molar-refractivity contribution in [1.29, 1.82) is 0 Å². The molecule has 1 aliphatic rings. The number of amides is 1. The van der Waals surface area contributed by atoms with Gasteiger partial charge in [-0.1, -0.05) is 15.9 Å². The van der Waals surface area contributed by atoms with Gasteiger partial charge in [0.15, 0.2) is 0 Å². The van der Waals surface area contributed by atoms with Crippen LogP contribution < -0.4 is 5.73 Å². The van der Waals surface area contributed by atoms with E-state index in [9.17, 15) is 4.79 Å². The van der Waals surface area contributed by atoms with Crippen LogP contribution in [0, 0.1) is 0 Å². The van der Waals surface area contributed by atoms with Crippen LogP contribution in [0.5, 0.6) is 0 Å². The van der Waals surface area contributed by atoms with E-state index in [2.05, 4.69) is 25.9 Å². The van der Waals surface area contributed by atoms with Gasteiger partial charge in [0.2, 0.25) is 5.96 Å². The Balaban J connectivity index is 2.82. The lowest BCUT2D eigenvalue weighted by Crippen LogP contribution is -2.24. The molecule has 0 aliphatic carbocycles. The first-order chi connectivity index (χ1) is 4.20.